The molecule has 1 aromatic rings. The van der Waals surface area contributed by atoms with Crippen LogP contribution >= 0.6 is 0 Å². The normalized spacial score (nSPS) is 15.7. The number of amides is 1. The number of hydrogen-bond donors (Lipinski definition) is 1. The van der Waals surface area contributed by atoms with Gasteiger partial charge in [-0.05, 0) is 18.2 Å². The number of anilines is 1. The standard InChI is InChI=1S/C10H11NO4S/c1-16(13,14)7-2-3-9-8(6-7)11-10(12)4-5-15-9/h2-3,6H,4-5H2,1H3,(H,11,12). The molecule has 86 valence electrons. The Balaban J connectivity index is 2.49. The van der Waals surface area contributed by atoms with Gasteiger partial charge in [-0.2, -0.15) is 0 Å². The lowest BCUT2D eigenvalue weighted by Gasteiger charge is -2.08. The fourth-order valence-electron chi connectivity index (χ4n) is 1.43. The monoisotopic (exact) mass is 241 g/mol. The van der Waals surface area contributed by atoms with E-state index in [1.807, 2.05) is 0 Å². The molecule has 1 aromatic carbocycles. The number of nitrogens with one attached hydrogen (secondary N) is 1. The zero-order chi connectivity index (χ0) is 11.8. The van der Waals surface area contributed by atoms with Crippen LogP contribution in [-0.2, 0) is 14.6 Å². The van der Waals surface area contributed by atoms with Crippen molar-refractivity contribution in [1.29, 1.82) is 0 Å². The van der Waals surface area contributed by atoms with Crippen molar-refractivity contribution in [3.63, 3.8) is 0 Å². The van der Waals surface area contributed by atoms with Crippen LogP contribution in [0.25, 0.3) is 0 Å². The third-order valence-electron chi connectivity index (χ3n) is 2.24. The van der Waals surface area contributed by atoms with E-state index in [1.165, 1.54) is 12.1 Å². The third-order valence-corrected chi connectivity index (χ3v) is 3.35. The molecule has 1 aliphatic heterocycles. The summed E-state index contributed by atoms with van der Waals surface area (Å²) in [6, 6.07) is 4.43. The molecule has 0 saturated carbocycles. The first-order chi connectivity index (χ1) is 7.47. The molecular weight excluding hydrogens is 230 g/mol. The summed E-state index contributed by atoms with van der Waals surface area (Å²) < 4.78 is 28.0. The van der Waals surface area contributed by atoms with Crippen LogP contribution in [0.3, 0.4) is 0 Å². The minimum absolute atomic E-state index is 0.164. The molecule has 0 atom stereocenters. The zero-order valence-corrected chi connectivity index (χ0v) is 9.50. The van der Waals surface area contributed by atoms with E-state index in [0.29, 0.717) is 18.0 Å². The Morgan fingerprint density at radius 2 is 2.12 bits per heavy atom. The number of hydrogen-bond acceptors (Lipinski definition) is 4. The topological polar surface area (TPSA) is 72.5 Å². The van der Waals surface area contributed by atoms with Gasteiger partial charge in [0.15, 0.2) is 9.84 Å². The smallest absolute Gasteiger partial charge is 0.227 e. The maximum Gasteiger partial charge on any atom is 0.227 e. The van der Waals surface area contributed by atoms with Gasteiger partial charge in [0, 0.05) is 6.26 Å². The summed E-state index contributed by atoms with van der Waals surface area (Å²) >= 11 is 0. The fourth-order valence-corrected chi connectivity index (χ4v) is 2.08. The largest absolute Gasteiger partial charge is 0.491 e. The molecule has 0 spiro atoms. The predicted octanol–water partition coefficient (Wildman–Crippen LogP) is 0.811. The highest BCUT2D eigenvalue weighted by atomic mass is 32.2. The summed E-state index contributed by atoms with van der Waals surface area (Å²) in [5.41, 5.74) is 0.408. The van der Waals surface area contributed by atoms with Crippen molar-refractivity contribution in [2.45, 2.75) is 11.3 Å². The first-order valence-electron chi connectivity index (χ1n) is 4.73. The molecule has 0 fully saturated rings. The Morgan fingerprint density at radius 1 is 1.38 bits per heavy atom. The SMILES string of the molecule is CS(=O)(=O)c1ccc2c(c1)NC(=O)CCO2. The number of benzene rings is 1. The van der Waals surface area contributed by atoms with Crippen LogP contribution in [0.15, 0.2) is 23.1 Å². The fraction of sp³-hybridized carbons (Fsp3) is 0.300. The Kier molecular flexibility index (Phi) is 2.59. The Hall–Kier alpha value is -1.56. The number of carbonyl (C=O) groups is 1. The molecule has 1 amide bonds. The van der Waals surface area contributed by atoms with Crippen molar-refractivity contribution in [3.8, 4) is 5.75 Å². The molecule has 0 aromatic heterocycles. The van der Waals surface area contributed by atoms with E-state index in [4.69, 9.17) is 4.74 Å². The lowest BCUT2D eigenvalue weighted by Crippen LogP contribution is -2.10. The van der Waals surface area contributed by atoms with Gasteiger partial charge in [0.25, 0.3) is 0 Å². The van der Waals surface area contributed by atoms with Crippen molar-refractivity contribution < 1.29 is 17.9 Å². The van der Waals surface area contributed by atoms with E-state index >= 15 is 0 Å². The van der Waals surface area contributed by atoms with Crippen LogP contribution in [-0.4, -0.2) is 27.2 Å². The Bertz CT molecular complexity index is 536. The van der Waals surface area contributed by atoms with E-state index in [1.54, 1.807) is 6.07 Å². The molecule has 0 unspecified atom stereocenters. The molecular formula is C10H11NO4S. The van der Waals surface area contributed by atoms with Crippen molar-refractivity contribution in [3.05, 3.63) is 18.2 Å². The number of sulfone groups is 1. The zero-order valence-electron chi connectivity index (χ0n) is 8.69. The quantitative estimate of drug-likeness (QED) is 0.789. The summed E-state index contributed by atoms with van der Waals surface area (Å²) in [6.07, 6.45) is 1.39. The van der Waals surface area contributed by atoms with Gasteiger partial charge >= 0.3 is 0 Å². The van der Waals surface area contributed by atoms with Crippen molar-refractivity contribution >= 4 is 21.4 Å². The van der Waals surface area contributed by atoms with E-state index in [9.17, 15) is 13.2 Å². The summed E-state index contributed by atoms with van der Waals surface area (Å²) in [6.45, 7) is 0.303. The van der Waals surface area contributed by atoms with Crippen LogP contribution in [0.4, 0.5) is 5.69 Å². The molecule has 5 nitrogen and oxygen atoms in total. The second kappa shape index (κ2) is 3.79. The first-order valence-corrected chi connectivity index (χ1v) is 6.63. The number of fused-ring (bicyclic) bond motifs is 1. The van der Waals surface area contributed by atoms with E-state index < -0.39 is 9.84 Å². The third kappa shape index (κ3) is 2.16. The van der Waals surface area contributed by atoms with Gasteiger partial charge in [0.05, 0.1) is 23.6 Å². The highest BCUT2D eigenvalue weighted by Gasteiger charge is 2.16. The van der Waals surface area contributed by atoms with E-state index in [-0.39, 0.29) is 17.2 Å². The Morgan fingerprint density at radius 3 is 2.81 bits per heavy atom. The molecule has 6 heteroatoms. The molecule has 0 bridgehead atoms. The summed E-state index contributed by atoms with van der Waals surface area (Å²) in [5.74, 6) is 0.322. The minimum Gasteiger partial charge on any atom is -0.491 e. The minimum atomic E-state index is -3.27. The molecule has 1 heterocycles. The lowest BCUT2D eigenvalue weighted by molar-refractivity contribution is -0.116. The average molecular weight is 241 g/mol. The number of ether oxygens (including phenoxy) is 1. The van der Waals surface area contributed by atoms with Gasteiger partial charge in [0.2, 0.25) is 5.91 Å². The summed E-state index contributed by atoms with van der Waals surface area (Å²) in [4.78, 5) is 11.4. The number of carbonyl (C=O) groups excluding carboxylic acids is 1. The molecule has 1 aliphatic rings. The maximum atomic E-state index is 11.3. The molecule has 1 N–H and O–H groups in total. The van der Waals surface area contributed by atoms with Crippen LogP contribution < -0.4 is 10.1 Å². The van der Waals surface area contributed by atoms with Crippen LogP contribution in [0.5, 0.6) is 5.75 Å². The molecule has 0 saturated heterocycles. The molecule has 0 radical (unpaired) electrons. The Labute approximate surface area is 93.3 Å². The van der Waals surface area contributed by atoms with Crippen LogP contribution in [0.2, 0.25) is 0 Å². The predicted molar refractivity (Wildman–Crippen MR) is 58.3 cm³/mol. The van der Waals surface area contributed by atoms with Gasteiger partial charge in [-0.1, -0.05) is 0 Å². The highest BCUT2D eigenvalue weighted by molar-refractivity contribution is 7.90. The molecule has 2 rings (SSSR count). The van der Waals surface area contributed by atoms with Gasteiger partial charge in [-0.3, -0.25) is 4.79 Å². The van der Waals surface area contributed by atoms with Crippen molar-refractivity contribution in [2.24, 2.45) is 0 Å². The van der Waals surface area contributed by atoms with Crippen LogP contribution in [0, 0.1) is 0 Å². The first kappa shape index (κ1) is 10.9. The van der Waals surface area contributed by atoms with Gasteiger partial charge in [0.1, 0.15) is 5.75 Å². The van der Waals surface area contributed by atoms with Crippen molar-refractivity contribution in [2.75, 3.05) is 18.2 Å². The van der Waals surface area contributed by atoms with Gasteiger partial charge < -0.3 is 10.1 Å². The lowest BCUT2D eigenvalue weighted by atomic mass is 10.3. The van der Waals surface area contributed by atoms with Gasteiger partial charge in [-0.25, -0.2) is 8.42 Å². The highest BCUT2D eigenvalue weighted by Crippen LogP contribution is 2.29. The van der Waals surface area contributed by atoms with E-state index in [0.717, 1.165) is 6.26 Å². The van der Waals surface area contributed by atoms with Crippen molar-refractivity contribution in [1.82, 2.24) is 0 Å². The number of rotatable bonds is 1. The second-order valence-corrected chi connectivity index (χ2v) is 5.59. The van der Waals surface area contributed by atoms with E-state index in [2.05, 4.69) is 5.32 Å². The second-order valence-electron chi connectivity index (χ2n) is 3.58. The average Bonchev–Trinajstić information content (AvgIpc) is 2.35. The van der Waals surface area contributed by atoms with Crippen LogP contribution in [0.1, 0.15) is 6.42 Å². The van der Waals surface area contributed by atoms with Gasteiger partial charge in [-0.15, -0.1) is 0 Å². The summed E-state index contributed by atoms with van der Waals surface area (Å²) in [7, 11) is -3.27. The molecule has 0 aliphatic carbocycles. The summed E-state index contributed by atoms with van der Waals surface area (Å²) in [5, 5.41) is 2.61. The molecule has 16 heavy (non-hydrogen) atoms. The maximum absolute atomic E-state index is 11.3.